The number of anilines is 2. The Bertz CT molecular complexity index is 604. The third-order valence-electron chi connectivity index (χ3n) is 3.59. The van der Waals surface area contributed by atoms with Crippen LogP contribution in [0.15, 0.2) is 18.2 Å². The summed E-state index contributed by atoms with van der Waals surface area (Å²) in [6.45, 7) is 3.42. The SMILES string of the molecule is C#CCN1C(=O)Cc2cc(N(CC)CCC(=O)O)ccc21. The van der Waals surface area contributed by atoms with Gasteiger partial charge in [0, 0.05) is 24.5 Å². The van der Waals surface area contributed by atoms with Gasteiger partial charge < -0.3 is 14.9 Å². The van der Waals surface area contributed by atoms with Gasteiger partial charge in [0.15, 0.2) is 0 Å². The number of hydrogen-bond acceptors (Lipinski definition) is 3. The fourth-order valence-corrected chi connectivity index (χ4v) is 2.53. The first kappa shape index (κ1) is 14.9. The van der Waals surface area contributed by atoms with E-state index in [1.807, 2.05) is 30.0 Å². The molecule has 0 spiro atoms. The predicted octanol–water partition coefficient (Wildman–Crippen LogP) is 1.51. The Kier molecular flexibility index (Phi) is 4.49. The molecular weight excluding hydrogens is 268 g/mol. The Morgan fingerprint density at radius 3 is 2.90 bits per heavy atom. The van der Waals surface area contributed by atoms with Gasteiger partial charge in [-0.15, -0.1) is 6.42 Å². The van der Waals surface area contributed by atoms with Gasteiger partial charge >= 0.3 is 5.97 Å². The van der Waals surface area contributed by atoms with Crippen molar-refractivity contribution >= 4 is 23.3 Å². The second-order valence-corrected chi connectivity index (χ2v) is 4.90. The molecule has 2 rings (SSSR count). The van der Waals surface area contributed by atoms with Crippen LogP contribution < -0.4 is 9.80 Å². The number of terminal acetylenes is 1. The predicted molar refractivity (Wildman–Crippen MR) is 81.5 cm³/mol. The summed E-state index contributed by atoms with van der Waals surface area (Å²) in [5, 5.41) is 8.79. The van der Waals surface area contributed by atoms with Crippen molar-refractivity contribution in [3.8, 4) is 12.3 Å². The van der Waals surface area contributed by atoms with Crippen LogP contribution in [-0.4, -0.2) is 36.6 Å². The van der Waals surface area contributed by atoms with Gasteiger partial charge in [-0.05, 0) is 30.7 Å². The number of amides is 1. The standard InChI is InChI=1S/C16H18N2O3/c1-3-8-18-14-6-5-13(10-12(14)11-15(18)19)17(4-2)9-7-16(20)21/h1,5-6,10H,4,7-9,11H2,2H3,(H,20,21). The van der Waals surface area contributed by atoms with Gasteiger partial charge in [-0.3, -0.25) is 9.59 Å². The molecule has 0 fully saturated rings. The number of carbonyl (C=O) groups is 2. The number of fused-ring (bicyclic) bond motifs is 1. The van der Waals surface area contributed by atoms with Gasteiger partial charge in [0.25, 0.3) is 0 Å². The van der Waals surface area contributed by atoms with Crippen LogP contribution in [-0.2, 0) is 16.0 Å². The molecular formula is C16H18N2O3. The summed E-state index contributed by atoms with van der Waals surface area (Å²) in [4.78, 5) is 26.2. The van der Waals surface area contributed by atoms with Crippen LogP contribution in [0, 0.1) is 12.3 Å². The lowest BCUT2D eigenvalue weighted by atomic mass is 10.1. The second kappa shape index (κ2) is 6.31. The Morgan fingerprint density at radius 2 is 2.29 bits per heavy atom. The molecule has 0 unspecified atom stereocenters. The van der Waals surface area contributed by atoms with E-state index in [4.69, 9.17) is 11.5 Å². The summed E-state index contributed by atoms with van der Waals surface area (Å²) in [5.41, 5.74) is 2.74. The maximum Gasteiger partial charge on any atom is 0.305 e. The van der Waals surface area contributed by atoms with Gasteiger partial charge in [0.1, 0.15) is 0 Å². The molecule has 0 saturated carbocycles. The summed E-state index contributed by atoms with van der Waals surface area (Å²) in [5.74, 6) is 1.68. The molecule has 21 heavy (non-hydrogen) atoms. The van der Waals surface area contributed by atoms with Gasteiger partial charge in [0.05, 0.1) is 19.4 Å². The zero-order valence-electron chi connectivity index (χ0n) is 12.0. The van der Waals surface area contributed by atoms with Crippen molar-refractivity contribution in [1.82, 2.24) is 0 Å². The molecule has 1 heterocycles. The molecule has 1 N–H and O–H groups in total. The van der Waals surface area contributed by atoms with E-state index >= 15 is 0 Å². The van der Waals surface area contributed by atoms with Gasteiger partial charge in [-0.1, -0.05) is 5.92 Å². The Hall–Kier alpha value is -2.48. The molecule has 0 atom stereocenters. The zero-order chi connectivity index (χ0) is 15.4. The number of benzene rings is 1. The molecule has 5 nitrogen and oxygen atoms in total. The average Bonchev–Trinajstić information content (AvgIpc) is 2.75. The first-order valence-electron chi connectivity index (χ1n) is 6.90. The monoisotopic (exact) mass is 286 g/mol. The van der Waals surface area contributed by atoms with E-state index in [0.717, 1.165) is 16.9 Å². The lowest BCUT2D eigenvalue weighted by Gasteiger charge is -2.23. The first-order valence-corrected chi connectivity index (χ1v) is 6.90. The molecule has 0 aromatic heterocycles. The van der Waals surface area contributed by atoms with Gasteiger partial charge in [0.2, 0.25) is 5.91 Å². The summed E-state index contributed by atoms with van der Waals surface area (Å²) >= 11 is 0. The number of carboxylic acids is 1. The Morgan fingerprint density at radius 1 is 1.52 bits per heavy atom. The second-order valence-electron chi connectivity index (χ2n) is 4.90. The number of carbonyl (C=O) groups excluding carboxylic acids is 1. The lowest BCUT2D eigenvalue weighted by molar-refractivity contribution is -0.136. The average molecular weight is 286 g/mol. The van der Waals surface area contributed by atoms with Crippen molar-refractivity contribution in [3.63, 3.8) is 0 Å². The molecule has 0 bridgehead atoms. The van der Waals surface area contributed by atoms with E-state index in [0.29, 0.717) is 19.5 Å². The molecule has 110 valence electrons. The molecule has 0 saturated heterocycles. The van der Waals surface area contributed by atoms with E-state index < -0.39 is 5.97 Å². The zero-order valence-corrected chi connectivity index (χ0v) is 12.0. The highest BCUT2D eigenvalue weighted by Gasteiger charge is 2.27. The number of hydrogen-bond donors (Lipinski definition) is 1. The van der Waals surface area contributed by atoms with E-state index in [9.17, 15) is 9.59 Å². The van der Waals surface area contributed by atoms with Gasteiger partial charge in [-0.2, -0.15) is 0 Å². The van der Waals surface area contributed by atoms with E-state index in [1.165, 1.54) is 0 Å². The summed E-state index contributed by atoms with van der Waals surface area (Å²) in [6.07, 6.45) is 5.73. The molecule has 1 aliphatic heterocycles. The molecule has 1 amide bonds. The van der Waals surface area contributed by atoms with Crippen molar-refractivity contribution < 1.29 is 14.7 Å². The molecule has 1 aliphatic rings. The van der Waals surface area contributed by atoms with Gasteiger partial charge in [-0.25, -0.2) is 0 Å². The summed E-state index contributed by atoms with van der Waals surface area (Å²) in [7, 11) is 0. The molecule has 0 aliphatic carbocycles. The first-order chi connectivity index (χ1) is 10.1. The molecule has 5 heteroatoms. The fraction of sp³-hybridized carbons (Fsp3) is 0.375. The van der Waals surface area contributed by atoms with E-state index in [-0.39, 0.29) is 18.9 Å². The van der Waals surface area contributed by atoms with E-state index in [1.54, 1.807) is 4.90 Å². The van der Waals surface area contributed by atoms with Crippen molar-refractivity contribution in [2.24, 2.45) is 0 Å². The van der Waals surface area contributed by atoms with Crippen LogP contribution in [0.1, 0.15) is 18.9 Å². The maximum atomic E-state index is 11.9. The highest BCUT2D eigenvalue weighted by molar-refractivity contribution is 6.02. The minimum atomic E-state index is -0.815. The minimum absolute atomic E-state index is 0.00804. The van der Waals surface area contributed by atoms with Crippen LogP contribution in [0.4, 0.5) is 11.4 Å². The topological polar surface area (TPSA) is 60.9 Å². The largest absolute Gasteiger partial charge is 0.481 e. The summed E-state index contributed by atoms with van der Waals surface area (Å²) < 4.78 is 0. The fourth-order valence-electron chi connectivity index (χ4n) is 2.53. The Labute approximate surface area is 124 Å². The van der Waals surface area contributed by atoms with Crippen molar-refractivity contribution in [3.05, 3.63) is 23.8 Å². The van der Waals surface area contributed by atoms with Crippen LogP contribution in [0.3, 0.4) is 0 Å². The number of carboxylic acid groups (broad SMARTS) is 1. The quantitative estimate of drug-likeness (QED) is 0.805. The lowest BCUT2D eigenvalue weighted by Crippen LogP contribution is -2.27. The number of aliphatic carboxylic acids is 1. The normalized spacial score (nSPS) is 13.0. The third-order valence-corrected chi connectivity index (χ3v) is 3.59. The van der Waals surface area contributed by atoms with Crippen LogP contribution in [0.2, 0.25) is 0 Å². The smallest absolute Gasteiger partial charge is 0.305 e. The van der Waals surface area contributed by atoms with Crippen molar-refractivity contribution in [1.29, 1.82) is 0 Å². The number of nitrogens with zero attached hydrogens (tertiary/aromatic N) is 2. The van der Waals surface area contributed by atoms with Crippen molar-refractivity contribution in [2.45, 2.75) is 19.8 Å². The number of rotatable bonds is 6. The van der Waals surface area contributed by atoms with E-state index in [2.05, 4.69) is 5.92 Å². The molecule has 1 aromatic carbocycles. The highest BCUT2D eigenvalue weighted by Crippen LogP contribution is 2.32. The maximum absolute atomic E-state index is 11.9. The van der Waals surface area contributed by atoms with Crippen LogP contribution in [0.5, 0.6) is 0 Å². The highest BCUT2D eigenvalue weighted by atomic mass is 16.4. The molecule has 0 radical (unpaired) electrons. The Balaban J connectivity index is 2.22. The third kappa shape index (κ3) is 3.16. The summed E-state index contributed by atoms with van der Waals surface area (Å²) in [6, 6.07) is 5.75. The molecule has 1 aromatic rings. The van der Waals surface area contributed by atoms with Crippen LogP contribution >= 0.6 is 0 Å². The minimum Gasteiger partial charge on any atom is -0.481 e. The van der Waals surface area contributed by atoms with Crippen LogP contribution in [0.25, 0.3) is 0 Å². The van der Waals surface area contributed by atoms with Crippen molar-refractivity contribution in [2.75, 3.05) is 29.4 Å².